The number of carbonyl (C=O) groups is 1. The molecule has 0 spiro atoms. The fourth-order valence-electron chi connectivity index (χ4n) is 2.56. The SMILES string of the molecule is CCCS(=O)(=O)N(CC(F)(F)F)C(=O)c1cc(C)n(Cc2c(Cl)cccc2Cl)n1. The normalized spacial score (nSPS) is 12.2. The van der Waals surface area contributed by atoms with Crippen LogP contribution in [-0.4, -0.2) is 46.9 Å². The van der Waals surface area contributed by atoms with Gasteiger partial charge in [-0.2, -0.15) is 18.3 Å². The zero-order chi connectivity index (χ0) is 22.0. The second-order valence-corrected chi connectivity index (χ2v) is 9.10. The molecule has 0 atom stereocenters. The molecule has 1 heterocycles. The Morgan fingerprint density at radius 2 is 1.83 bits per heavy atom. The van der Waals surface area contributed by atoms with Gasteiger partial charge in [0, 0.05) is 21.3 Å². The minimum absolute atomic E-state index is 0.0542. The van der Waals surface area contributed by atoms with E-state index in [4.69, 9.17) is 23.2 Å². The van der Waals surface area contributed by atoms with Crippen LogP contribution < -0.4 is 0 Å². The number of carbonyl (C=O) groups excluding carboxylic acids is 1. The number of aromatic nitrogens is 2. The molecule has 1 aromatic heterocycles. The number of hydrogen-bond acceptors (Lipinski definition) is 4. The van der Waals surface area contributed by atoms with Crippen molar-refractivity contribution in [3.63, 3.8) is 0 Å². The highest BCUT2D eigenvalue weighted by molar-refractivity contribution is 7.89. The fourth-order valence-corrected chi connectivity index (χ4v) is 4.51. The summed E-state index contributed by atoms with van der Waals surface area (Å²) >= 11 is 12.2. The molecule has 0 saturated heterocycles. The van der Waals surface area contributed by atoms with Gasteiger partial charge in [-0.15, -0.1) is 0 Å². The number of nitrogens with zero attached hydrogens (tertiary/aromatic N) is 3. The molecule has 2 rings (SSSR count). The molecule has 1 amide bonds. The summed E-state index contributed by atoms with van der Waals surface area (Å²) in [5.74, 6) is -1.94. The van der Waals surface area contributed by atoms with Crippen molar-refractivity contribution in [3.05, 3.63) is 51.3 Å². The molecule has 1 aromatic carbocycles. The Morgan fingerprint density at radius 1 is 1.24 bits per heavy atom. The van der Waals surface area contributed by atoms with Gasteiger partial charge in [-0.3, -0.25) is 9.48 Å². The summed E-state index contributed by atoms with van der Waals surface area (Å²) in [5.41, 5.74) is 0.505. The van der Waals surface area contributed by atoms with Crippen molar-refractivity contribution in [3.8, 4) is 0 Å². The van der Waals surface area contributed by atoms with Crippen LogP contribution in [0.4, 0.5) is 13.2 Å². The lowest BCUT2D eigenvalue weighted by Gasteiger charge is -2.22. The van der Waals surface area contributed by atoms with Crippen molar-refractivity contribution in [1.82, 2.24) is 14.1 Å². The van der Waals surface area contributed by atoms with E-state index in [1.54, 1.807) is 25.1 Å². The predicted octanol–water partition coefficient (Wildman–Crippen LogP) is 4.29. The smallest absolute Gasteiger partial charge is 0.266 e. The summed E-state index contributed by atoms with van der Waals surface area (Å²) in [6.45, 7) is 1.19. The maximum absolute atomic E-state index is 12.9. The summed E-state index contributed by atoms with van der Waals surface area (Å²) in [6, 6.07) is 6.08. The van der Waals surface area contributed by atoms with Crippen molar-refractivity contribution in [2.24, 2.45) is 0 Å². The van der Waals surface area contributed by atoms with Crippen LogP contribution >= 0.6 is 23.2 Å². The van der Waals surface area contributed by atoms with Gasteiger partial charge in [0.15, 0.2) is 5.69 Å². The molecule has 0 saturated carbocycles. The lowest BCUT2D eigenvalue weighted by atomic mass is 10.2. The Morgan fingerprint density at radius 3 is 2.34 bits per heavy atom. The van der Waals surface area contributed by atoms with Gasteiger partial charge < -0.3 is 0 Å². The van der Waals surface area contributed by atoms with E-state index < -0.39 is 40.1 Å². The minimum atomic E-state index is -4.89. The predicted molar refractivity (Wildman–Crippen MR) is 104 cm³/mol. The van der Waals surface area contributed by atoms with E-state index in [1.165, 1.54) is 17.7 Å². The van der Waals surface area contributed by atoms with Gasteiger partial charge in [0.25, 0.3) is 5.91 Å². The van der Waals surface area contributed by atoms with E-state index in [1.807, 2.05) is 0 Å². The molecule has 0 radical (unpaired) electrons. The first kappa shape index (κ1) is 23.5. The summed E-state index contributed by atoms with van der Waals surface area (Å²) < 4.78 is 64.3. The zero-order valence-electron chi connectivity index (χ0n) is 15.5. The monoisotopic (exact) mass is 471 g/mol. The average Bonchev–Trinajstić information content (AvgIpc) is 2.95. The molecule has 6 nitrogen and oxygen atoms in total. The van der Waals surface area contributed by atoms with Gasteiger partial charge in [-0.05, 0) is 31.5 Å². The van der Waals surface area contributed by atoms with Gasteiger partial charge in [0.2, 0.25) is 10.0 Å². The van der Waals surface area contributed by atoms with E-state index in [9.17, 15) is 26.4 Å². The zero-order valence-corrected chi connectivity index (χ0v) is 17.8. The molecular weight excluding hydrogens is 454 g/mol. The van der Waals surface area contributed by atoms with Gasteiger partial charge in [0.05, 0.1) is 12.3 Å². The summed E-state index contributed by atoms with van der Waals surface area (Å²) in [7, 11) is -4.46. The number of benzene rings is 1. The van der Waals surface area contributed by atoms with E-state index in [0.717, 1.165) is 0 Å². The molecule has 0 aliphatic carbocycles. The average molecular weight is 472 g/mol. The second kappa shape index (κ2) is 8.93. The number of halogens is 5. The van der Waals surface area contributed by atoms with Crippen molar-refractivity contribution >= 4 is 39.1 Å². The third-order valence-electron chi connectivity index (χ3n) is 3.92. The summed E-state index contributed by atoms with van der Waals surface area (Å²) in [4.78, 5) is 12.6. The van der Waals surface area contributed by atoms with Crippen LogP contribution in [0.5, 0.6) is 0 Å². The van der Waals surface area contributed by atoms with Gasteiger partial charge in [-0.25, -0.2) is 12.7 Å². The third kappa shape index (κ3) is 5.86. The molecule has 0 bridgehead atoms. The van der Waals surface area contributed by atoms with Crippen molar-refractivity contribution in [1.29, 1.82) is 0 Å². The van der Waals surface area contributed by atoms with Gasteiger partial charge >= 0.3 is 6.18 Å². The molecule has 160 valence electrons. The molecule has 0 unspecified atom stereocenters. The van der Waals surface area contributed by atoms with E-state index >= 15 is 0 Å². The molecule has 0 aliphatic heterocycles. The van der Waals surface area contributed by atoms with Crippen molar-refractivity contribution in [2.45, 2.75) is 33.0 Å². The molecule has 0 N–H and O–H groups in total. The Labute approximate surface area is 176 Å². The topological polar surface area (TPSA) is 72.3 Å². The van der Waals surface area contributed by atoms with Crippen LogP contribution in [0.2, 0.25) is 10.0 Å². The lowest BCUT2D eigenvalue weighted by Crippen LogP contribution is -2.44. The van der Waals surface area contributed by atoms with Crippen molar-refractivity contribution < 1.29 is 26.4 Å². The highest BCUT2D eigenvalue weighted by atomic mass is 35.5. The first-order valence-corrected chi connectivity index (χ1v) is 10.8. The van der Waals surface area contributed by atoms with Crippen molar-refractivity contribution in [2.75, 3.05) is 12.3 Å². The Kier molecular flexibility index (Phi) is 7.23. The molecule has 12 heteroatoms. The number of sulfonamides is 1. The quantitative estimate of drug-likeness (QED) is 0.603. The first-order valence-electron chi connectivity index (χ1n) is 8.44. The van der Waals surface area contributed by atoms with Gasteiger partial charge in [0.1, 0.15) is 6.54 Å². The molecule has 29 heavy (non-hydrogen) atoms. The molecule has 0 aliphatic rings. The Bertz CT molecular complexity index is 987. The molecule has 0 fully saturated rings. The maximum Gasteiger partial charge on any atom is 0.407 e. The van der Waals surface area contributed by atoms with Crippen LogP contribution in [0.1, 0.15) is 35.1 Å². The van der Waals surface area contributed by atoms with E-state index in [2.05, 4.69) is 5.10 Å². The molecular formula is C17H18Cl2F3N3O3S. The highest BCUT2D eigenvalue weighted by Gasteiger charge is 2.40. The lowest BCUT2D eigenvalue weighted by molar-refractivity contribution is -0.132. The number of aryl methyl sites for hydroxylation is 1. The van der Waals surface area contributed by atoms with E-state index in [0.29, 0.717) is 21.3 Å². The fraction of sp³-hybridized carbons (Fsp3) is 0.412. The van der Waals surface area contributed by atoms with Crippen LogP contribution in [0, 0.1) is 6.92 Å². The minimum Gasteiger partial charge on any atom is -0.266 e. The molecule has 2 aromatic rings. The van der Waals surface area contributed by atoms with Gasteiger partial charge in [-0.1, -0.05) is 36.2 Å². The Balaban J connectivity index is 2.40. The standard InChI is InChI=1S/C17H18Cl2F3N3O3S/c1-3-7-29(27,28)25(10-17(20,21)22)16(26)15-8-11(2)24(23-15)9-12-13(18)5-4-6-14(12)19/h4-6,8H,3,7,9-10H2,1-2H3. The largest absolute Gasteiger partial charge is 0.407 e. The second-order valence-electron chi connectivity index (χ2n) is 6.27. The maximum atomic E-state index is 12.9. The number of amides is 1. The Hall–Kier alpha value is -1.78. The van der Waals surface area contributed by atoms with Crippen LogP contribution in [-0.2, 0) is 16.6 Å². The van der Waals surface area contributed by atoms with E-state index in [-0.39, 0.29) is 17.3 Å². The number of hydrogen-bond donors (Lipinski definition) is 0. The first-order chi connectivity index (χ1) is 13.4. The number of alkyl halides is 3. The third-order valence-corrected chi connectivity index (χ3v) is 6.52. The van der Waals surface area contributed by atoms with Crippen LogP contribution in [0.25, 0.3) is 0 Å². The summed E-state index contributed by atoms with van der Waals surface area (Å²) in [5, 5.41) is 4.69. The van der Waals surface area contributed by atoms with Crippen LogP contribution in [0.3, 0.4) is 0 Å². The van der Waals surface area contributed by atoms with Crippen LogP contribution in [0.15, 0.2) is 24.3 Å². The summed E-state index contributed by atoms with van der Waals surface area (Å²) in [6.07, 6.45) is -4.83. The highest BCUT2D eigenvalue weighted by Crippen LogP contribution is 2.26. The number of rotatable bonds is 7.